The average Bonchev–Trinajstić information content (AvgIpc) is 3.13. The smallest absolute Gasteiger partial charge is 0.230 e. The monoisotopic (exact) mass is 438 g/mol. The topological polar surface area (TPSA) is 97.5 Å². The summed E-state index contributed by atoms with van der Waals surface area (Å²) in [6.07, 6.45) is 0.0247. The van der Waals surface area contributed by atoms with Crippen LogP contribution in [0.5, 0.6) is 0 Å². The molecule has 2 amide bonds. The number of aromatic nitrogens is 1. The van der Waals surface area contributed by atoms with Gasteiger partial charge in [0, 0.05) is 31.6 Å². The number of carbonyl (C=O) groups is 2. The van der Waals surface area contributed by atoms with Crippen LogP contribution in [0.4, 0.5) is 4.39 Å². The molecular formula is C19H23FN4O3S2. The summed E-state index contributed by atoms with van der Waals surface area (Å²) in [4.78, 5) is 29.5. The number of amides is 2. The predicted molar refractivity (Wildman–Crippen MR) is 110 cm³/mol. The lowest BCUT2D eigenvalue weighted by atomic mass is 10.2. The van der Waals surface area contributed by atoms with Crippen molar-refractivity contribution < 1.29 is 18.7 Å². The summed E-state index contributed by atoms with van der Waals surface area (Å²) in [6.45, 7) is 3.26. The summed E-state index contributed by atoms with van der Waals surface area (Å²) in [5.74, 6) is -0.516. The van der Waals surface area contributed by atoms with Crippen molar-refractivity contribution in [3.63, 3.8) is 0 Å². The maximum atomic E-state index is 13.0. The molecule has 1 fully saturated rings. The second-order valence-corrected chi connectivity index (χ2v) is 8.78. The number of carbonyl (C=O) groups excluding carboxylic acids is 2. The molecular weight excluding hydrogens is 415 g/mol. The van der Waals surface area contributed by atoms with Crippen molar-refractivity contribution in [3.8, 4) is 0 Å². The summed E-state index contributed by atoms with van der Waals surface area (Å²) in [6, 6.07) is 6.49. The fourth-order valence-corrected chi connectivity index (χ4v) is 4.59. The number of nitrogens with two attached hydrogens (primary N) is 1. The van der Waals surface area contributed by atoms with E-state index < -0.39 is 5.91 Å². The molecule has 1 aliphatic rings. The van der Waals surface area contributed by atoms with Crippen LogP contribution in [-0.2, 0) is 27.3 Å². The van der Waals surface area contributed by atoms with Crippen LogP contribution < -0.4 is 11.1 Å². The van der Waals surface area contributed by atoms with E-state index >= 15 is 0 Å². The minimum absolute atomic E-state index is 0.0832. The first kappa shape index (κ1) is 21.7. The van der Waals surface area contributed by atoms with Crippen LogP contribution >= 0.6 is 23.1 Å². The number of nitrogens with zero attached hydrogens (tertiary/aromatic N) is 2. The molecule has 1 aromatic heterocycles. The Kier molecular flexibility index (Phi) is 7.99. The summed E-state index contributed by atoms with van der Waals surface area (Å²) in [5, 5.41) is 4.67. The SMILES string of the molecule is NC(=O)Cc1csc(SCC(=O)NC[C@H]2CN(Cc3ccc(F)cc3)CCO2)n1. The zero-order valence-corrected chi connectivity index (χ0v) is 17.4. The quantitative estimate of drug-likeness (QED) is 0.575. The molecule has 0 saturated carbocycles. The number of hydrogen-bond donors (Lipinski definition) is 2. The maximum Gasteiger partial charge on any atom is 0.230 e. The molecule has 0 bridgehead atoms. The predicted octanol–water partition coefficient (Wildman–Crippen LogP) is 1.42. The summed E-state index contributed by atoms with van der Waals surface area (Å²) < 4.78 is 19.5. The number of primary amides is 1. The van der Waals surface area contributed by atoms with Crippen LogP contribution in [0, 0.1) is 5.82 Å². The Labute approximate surface area is 176 Å². The van der Waals surface area contributed by atoms with Crippen LogP contribution in [0.25, 0.3) is 0 Å². The van der Waals surface area contributed by atoms with Gasteiger partial charge in [0.05, 0.1) is 30.6 Å². The zero-order chi connectivity index (χ0) is 20.6. The molecule has 1 aliphatic heterocycles. The van der Waals surface area contributed by atoms with Crippen molar-refractivity contribution in [3.05, 3.63) is 46.7 Å². The first-order chi connectivity index (χ1) is 14.0. The molecule has 156 valence electrons. The van der Waals surface area contributed by atoms with Crippen molar-refractivity contribution in [2.75, 3.05) is 32.0 Å². The first-order valence-corrected chi connectivity index (χ1v) is 11.0. The van der Waals surface area contributed by atoms with Gasteiger partial charge in [0.25, 0.3) is 0 Å². The van der Waals surface area contributed by atoms with Gasteiger partial charge in [0.2, 0.25) is 11.8 Å². The van der Waals surface area contributed by atoms with Crippen molar-refractivity contribution in [2.45, 2.75) is 23.4 Å². The number of thioether (sulfide) groups is 1. The largest absolute Gasteiger partial charge is 0.374 e. The summed E-state index contributed by atoms with van der Waals surface area (Å²) >= 11 is 2.72. The Morgan fingerprint density at radius 3 is 2.93 bits per heavy atom. The number of thiazole rings is 1. The normalized spacial score (nSPS) is 17.2. The Balaban J connectivity index is 1.37. The van der Waals surface area contributed by atoms with Gasteiger partial charge in [-0.25, -0.2) is 9.37 Å². The summed E-state index contributed by atoms with van der Waals surface area (Å²) in [5.41, 5.74) is 6.82. The number of nitrogens with one attached hydrogen (secondary N) is 1. The second kappa shape index (κ2) is 10.7. The minimum Gasteiger partial charge on any atom is -0.374 e. The highest BCUT2D eigenvalue weighted by molar-refractivity contribution is 8.01. The molecule has 2 heterocycles. The highest BCUT2D eigenvalue weighted by Gasteiger charge is 2.21. The molecule has 3 N–H and O–H groups in total. The third-order valence-electron chi connectivity index (χ3n) is 4.28. The van der Waals surface area contributed by atoms with Gasteiger partial charge in [-0.3, -0.25) is 14.5 Å². The van der Waals surface area contributed by atoms with Gasteiger partial charge < -0.3 is 15.8 Å². The fraction of sp³-hybridized carbons (Fsp3) is 0.421. The molecule has 0 aliphatic carbocycles. The van der Waals surface area contributed by atoms with Gasteiger partial charge in [-0.15, -0.1) is 11.3 Å². The number of halogens is 1. The first-order valence-electron chi connectivity index (χ1n) is 9.18. The average molecular weight is 439 g/mol. The van der Waals surface area contributed by atoms with Crippen molar-refractivity contribution >= 4 is 34.9 Å². The molecule has 3 rings (SSSR count). The van der Waals surface area contributed by atoms with E-state index in [9.17, 15) is 14.0 Å². The van der Waals surface area contributed by atoms with Gasteiger partial charge in [-0.1, -0.05) is 23.9 Å². The molecule has 1 saturated heterocycles. The number of ether oxygens (including phenoxy) is 1. The van der Waals surface area contributed by atoms with Gasteiger partial charge in [0.15, 0.2) is 4.34 Å². The van der Waals surface area contributed by atoms with E-state index in [0.29, 0.717) is 25.4 Å². The van der Waals surface area contributed by atoms with Gasteiger partial charge >= 0.3 is 0 Å². The van der Waals surface area contributed by atoms with Gasteiger partial charge in [-0.2, -0.15) is 0 Å². The Hall–Kier alpha value is -2.01. The van der Waals surface area contributed by atoms with Crippen molar-refractivity contribution in [2.24, 2.45) is 5.73 Å². The Morgan fingerprint density at radius 1 is 1.38 bits per heavy atom. The zero-order valence-electron chi connectivity index (χ0n) is 15.8. The molecule has 1 aromatic carbocycles. The van der Waals surface area contributed by atoms with Crippen LogP contribution in [0.15, 0.2) is 34.0 Å². The molecule has 7 nitrogen and oxygen atoms in total. The van der Waals surface area contributed by atoms with Crippen LogP contribution in [0.1, 0.15) is 11.3 Å². The lowest BCUT2D eigenvalue weighted by Crippen LogP contribution is -2.47. The molecule has 2 aromatic rings. The van der Waals surface area contributed by atoms with Gasteiger partial charge in [-0.05, 0) is 17.7 Å². The third kappa shape index (κ3) is 7.39. The molecule has 10 heteroatoms. The fourth-order valence-electron chi connectivity index (χ4n) is 2.92. The van der Waals surface area contributed by atoms with E-state index in [1.165, 1.54) is 35.2 Å². The van der Waals surface area contributed by atoms with Crippen LogP contribution in [0.2, 0.25) is 0 Å². The molecule has 1 atom stereocenters. The van der Waals surface area contributed by atoms with E-state index in [1.54, 1.807) is 17.5 Å². The lowest BCUT2D eigenvalue weighted by molar-refractivity contribution is -0.120. The Bertz CT molecular complexity index is 831. The summed E-state index contributed by atoms with van der Waals surface area (Å²) in [7, 11) is 0. The Morgan fingerprint density at radius 2 is 2.17 bits per heavy atom. The molecule has 0 spiro atoms. The number of benzene rings is 1. The third-order valence-corrected chi connectivity index (χ3v) is 6.35. The minimum atomic E-state index is -0.425. The second-order valence-electron chi connectivity index (χ2n) is 6.69. The standard InChI is InChI=1S/C19H23FN4O3S2/c20-14-3-1-13(2-4-14)9-24-5-6-27-16(10-24)8-22-18(26)12-29-19-23-15(11-28-19)7-17(21)25/h1-4,11,16H,5-10,12H2,(H2,21,25)(H,22,26)/t16-/m0/s1. The number of morpholine rings is 1. The van der Waals surface area contributed by atoms with Crippen LogP contribution in [-0.4, -0.2) is 59.8 Å². The molecule has 29 heavy (non-hydrogen) atoms. The van der Waals surface area contributed by atoms with E-state index in [0.717, 1.165) is 23.0 Å². The highest BCUT2D eigenvalue weighted by Crippen LogP contribution is 2.22. The van der Waals surface area contributed by atoms with Crippen LogP contribution in [0.3, 0.4) is 0 Å². The number of rotatable bonds is 9. The number of hydrogen-bond acceptors (Lipinski definition) is 7. The van der Waals surface area contributed by atoms with Crippen molar-refractivity contribution in [1.82, 2.24) is 15.2 Å². The van der Waals surface area contributed by atoms with E-state index in [-0.39, 0.29) is 30.0 Å². The maximum absolute atomic E-state index is 13.0. The molecule has 0 radical (unpaired) electrons. The van der Waals surface area contributed by atoms with Gasteiger partial charge in [0.1, 0.15) is 5.82 Å². The van der Waals surface area contributed by atoms with E-state index in [2.05, 4.69) is 15.2 Å². The highest BCUT2D eigenvalue weighted by atomic mass is 32.2. The van der Waals surface area contributed by atoms with E-state index in [1.807, 2.05) is 0 Å². The lowest BCUT2D eigenvalue weighted by Gasteiger charge is -2.33. The van der Waals surface area contributed by atoms with E-state index in [4.69, 9.17) is 10.5 Å². The van der Waals surface area contributed by atoms with Crippen molar-refractivity contribution in [1.29, 1.82) is 0 Å². The molecule has 0 unspecified atom stereocenters.